The molecule has 0 aliphatic heterocycles. The van der Waals surface area contributed by atoms with Crippen molar-refractivity contribution in [1.82, 2.24) is 4.98 Å². The van der Waals surface area contributed by atoms with Gasteiger partial charge in [-0.3, -0.25) is 9.78 Å². The molecular weight excluding hydrogens is 166 g/mol. The van der Waals surface area contributed by atoms with E-state index in [1.165, 1.54) is 6.92 Å². The van der Waals surface area contributed by atoms with Crippen molar-refractivity contribution >= 4 is 5.97 Å². The Kier molecular flexibility index (Phi) is 2.66. The predicted molar refractivity (Wildman–Crippen MR) is 49.8 cm³/mol. The van der Waals surface area contributed by atoms with E-state index in [2.05, 4.69) is 4.98 Å². The molecule has 1 aromatic heterocycles. The molecule has 0 aliphatic carbocycles. The van der Waals surface area contributed by atoms with Crippen LogP contribution in [-0.2, 0) is 4.79 Å². The second-order valence-corrected chi connectivity index (χ2v) is 3.07. The summed E-state index contributed by atoms with van der Waals surface area (Å²) in [6, 6.07) is 0. The third kappa shape index (κ3) is 2.05. The Morgan fingerprint density at radius 3 is 2.54 bits per heavy atom. The lowest BCUT2D eigenvalue weighted by Crippen LogP contribution is -2.06. The third-order valence-electron chi connectivity index (χ3n) is 1.96. The fourth-order valence-corrected chi connectivity index (χ4v) is 1.09. The first-order valence-corrected chi connectivity index (χ1v) is 4.13. The molecule has 70 valence electrons. The Hall–Kier alpha value is -1.38. The predicted octanol–water partition coefficient (Wildman–Crippen LogP) is 1.93. The average molecular weight is 179 g/mol. The second kappa shape index (κ2) is 3.56. The molecule has 0 spiro atoms. The molecule has 0 amide bonds. The maximum atomic E-state index is 10.8. The van der Waals surface area contributed by atoms with Crippen LogP contribution in [0.3, 0.4) is 0 Å². The summed E-state index contributed by atoms with van der Waals surface area (Å²) in [6.07, 6.45) is 1.78. The maximum Gasteiger partial charge on any atom is 0.308 e. The number of aryl methyl sites for hydroxylation is 2. The van der Waals surface area contributed by atoms with Gasteiger partial charge in [0.15, 0.2) is 5.75 Å². The number of aromatic nitrogens is 1. The number of esters is 1. The SMILES string of the molecule is CC(=O)Oc1c(C)ncc(C)c1C. The minimum absolute atomic E-state index is 0.307. The molecule has 1 rings (SSSR count). The number of pyridine rings is 1. The molecular formula is C10H13NO2. The summed E-state index contributed by atoms with van der Waals surface area (Å²) in [5.74, 6) is 0.283. The van der Waals surface area contributed by atoms with Gasteiger partial charge in [-0.2, -0.15) is 0 Å². The minimum atomic E-state index is -0.307. The van der Waals surface area contributed by atoms with Crippen molar-refractivity contribution in [2.75, 3.05) is 0 Å². The number of ether oxygens (including phenoxy) is 1. The van der Waals surface area contributed by atoms with Crippen molar-refractivity contribution in [3.05, 3.63) is 23.0 Å². The van der Waals surface area contributed by atoms with Crippen molar-refractivity contribution in [2.24, 2.45) is 0 Å². The van der Waals surface area contributed by atoms with Crippen molar-refractivity contribution in [2.45, 2.75) is 27.7 Å². The Balaban J connectivity index is 3.17. The van der Waals surface area contributed by atoms with Crippen molar-refractivity contribution in [3.8, 4) is 5.75 Å². The highest BCUT2D eigenvalue weighted by Gasteiger charge is 2.09. The van der Waals surface area contributed by atoms with E-state index < -0.39 is 0 Å². The zero-order chi connectivity index (χ0) is 10.0. The van der Waals surface area contributed by atoms with Crippen LogP contribution in [0.15, 0.2) is 6.20 Å². The van der Waals surface area contributed by atoms with E-state index in [1.54, 1.807) is 6.20 Å². The van der Waals surface area contributed by atoms with Crippen LogP contribution in [0.5, 0.6) is 5.75 Å². The monoisotopic (exact) mass is 179 g/mol. The van der Waals surface area contributed by atoms with Crippen LogP contribution < -0.4 is 4.74 Å². The van der Waals surface area contributed by atoms with Crippen LogP contribution in [0.1, 0.15) is 23.7 Å². The number of nitrogens with zero attached hydrogens (tertiary/aromatic N) is 1. The number of hydrogen-bond acceptors (Lipinski definition) is 3. The molecule has 3 heteroatoms. The first-order chi connectivity index (χ1) is 6.02. The van der Waals surface area contributed by atoms with Crippen molar-refractivity contribution in [3.63, 3.8) is 0 Å². The molecule has 0 saturated carbocycles. The summed E-state index contributed by atoms with van der Waals surface area (Å²) in [4.78, 5) is 14.9. The summed E-state index contributed by atoms with van der Waals surface area (Å²) in [5, 5.41) is 0. The fraction of sp³-hybridized carbons (Fsp3) is 0.400. The lowest BCUT2D eigenvalue weighted by molar-refractivity contribution is -0.132. The number of rotatable bonds is 1. The first kappa shape index (κ1) is 9.71. The zero-order valence-corrected chi connectivity index (χ0v) is 8.34. The molecule has 0 unspecified atom stereocenters. The van der Waals surface area contributed by atoms with E-state index in [-0.39, 0.29) is 5.97 Å². The van der Waals surface area contributed by atoms with Crippen LogP contribution in [0, 0.1) is 20.8 Å². The van der Waals surface area contributed by atoms with E-state index in [0.717, 1.165) is 16.8 Å². The number of carbonyl (C=O) groups is 1. The van der Waals surface area contributed by atoms with Gasteiger partial charge in [-0.05, 0) is 31.9 Å². The van der Waals surface area contributed by atoms with Crippen LogP contribution in [0.25, 0.3) is 0 Å². The number of carbonyl (C=O) groups excluding carboxylic acids is 1. The van der Waals surface area contributed by atoms with Crippen LogP contribution >= 0.6 is 0 Å². The molecule has 3 nitrogen and oxygen atoms in total. The van der Waals surface area contributed by atoms with Gasteiger partial charge in [-0.15, -0.1) is 0 Å². The zero-order valence-electron chi connectivity index (χ0n) is 8.34. The van der Waals surface area contributed by atoms with Crippen molar-refractivity contribution in [1.29, 1.82) is 0 Å². The topological polar surface area (TPSA) is 39.2 Å². The van der Waals surface area contributed by atoms with Gasteiger partial charge in [0, 0.05) is 13.1 Å². The van der Waals surface area contributed by atoms with Gasteiger partial charge in [-0.1, -0.05) is 0 Å². The normalized spacial score (nSPS) is 9.85. The summed E-state index contributed by atoms with van der Waals surface area (Å²) in [7, 11) is 0. The molecule has 0 saturated heterocycles. The van der Waals surface area contributed by atoms with Gasteiger partial charge in [0.1, 0.15) is 0 Å². The fourth-order valence-electron chi connectivity index (χ4n) is 1.09. The van der Waals surface area contributed by atoms with Gasteiger partial charge >= 0.3 is 5.97 Å². The van der Waals surface area contributed by atoms with Crippen LogP contribution in [0.4, 0.5) is 0 Å². The average Bonchev–Trinajstić information content (AvgIpc) is 2.05. The number of hydrogen-bond donors (Lipinski definition) is 0. The molecule has 0 N–H and O–H groups in total. The quantitative estimate of drug-likeness (QED) is 0.618. The first-order valence-electron chi connectivity index (χ1n) is 4.13. The summed E-state index contributed by atoms with van der Waals surface area (Å²) >= 11 is 0. The Labute approximate surface area is 77.8 Å². The van der Waals surface area contributed by atoms with Gasteiger partial charge in [0.25, 0.3) is 0 Å². The van der Waals surface area contributed by atoms with Crippen molar-refractivity contribution < 1.29 is 9.53 Å². The molecule has 0 atom stereocenters. The molecule has 0 aliphatic rings. The largest absolute Gasteiger partial charge is 0.424 e. The van der Waals surface area contributed by atoms with E-state index in [9.17, 15) is 4.79 Å². The lowest BCUT2D eigenvalue weighted by atomic mass is 10.1. The minimum Gasteiger partial charge on any atom is -0.424 e. The van der Waals surface area contributed by atoms with E-state index in [1.807, 2.05) is 20.8 Å². The molecule has 1 heterocycles. The molecule has 1 aromatic rings. The molecule has 0 radical (unpaired) electrons. The Morgan fingerprint density at radius 1 is 1.38 bits per heavy atom. The lowest BCUT2D eigenvalue weighted by Gasteiger charge is -2.09. The highest BCUT2D eigenvalue weighted by atomic mass is 16.5. The summed E-state index contributed by atoms with van der Waals surface area (Å²) in [5.41, 5.74) is 2.75. The third-order valence-corrected chi connectivity index (χ3v) is 1.96. The van der Waals surface area contributed by atoms with Crippen LogP contribution in [-0.4, -0.2) is 11.0 Å². The van der Waals surface area contributed by atoms with E-state index in [0.29, 0.717) is 5.75 Å². The van der Waals surface area contributed by atoms with E-state index >= 15 is 0 Å². The van der Waals surface area contributed by atoms with Gasteiger partial charge in [0.2, 0.25) is 0 Å². The van der Waals surface area contributed by atoms with E-state index in [4.69, 9.17) is 4.74 Å². The smallest absolute Gasteiger partial charge is 0.308 e. The second-order valence-electron chi connectivity index (χ2n) is 3.07. The summed E-state index contributed by atoms with van der Waals surface area (Å²) in [6.45, 7) is 7.07. The standard InChI is InChI=1S/C10H13NO2/c1-6-5-11-8(3)10(7(6)2)13-9(4)12/h5H,1-4H3. The van der Waals surface area contributed by atoms with Crippen LogP contribution in [0.2, 0.25) is 0 Å². The van der Waals surface area contributed by atoms with Gasteiger partial charge in [-0.25, -0.2) is 0 Å². The molecule has 13 heavy (non-hydrogen) atoms. The molecule has 0 fully saturated rings. The maximum absolute atomic E-state index is 10.8. The van der Waals surface area contributed by atoms with Gasteiger partial charge < -0.3 is 4.74 Å². The Bertz CT molecular complexity index is 345. The molecule has 0 bridgehead atoms. The highest BCUT2D eigenvalue weighted by molar-refractivity contribution is 5.70. The highest BCUT2D eigenvalue weighted by Crippen LogP contribution is 2.23. The Morgan fingerprint density at radius 2 is 2.00 bits per heavy atom. The van der Waals surface area contributed by atoms with Gasteiger partial charge in [0.05, 0.1) is 5.69 Å². The summed E-state index contributed by atoms with van der Waals surface area (Å²) < 4.78 is 5.06. The molecule has 0 aromatic carbocycles.